The van der Waals surface area contributed by atoms with Gasteiger partial charge in [-0.2, -0.15) is 0 Å². The van der Waals surface area contributed by atoms with Gasteiger partial charge in [-0.15, -0.1) is 0 Å². The van der Waals surface area contributed by atoms with Crippen LogP contribution in [0.1, 0.15) is 72.1 Å². The third kappa shape index (κ3) is 4.55. The van der Waals surface area contributed by atoms with Gasteiger partial charge in [0.05, 0.1) is 5.60 Å². The highest BCUT2D eigenvalue weighted by Gasteiger charge is 2.38. The highest BCUT2D eigenvalue weighted by atomic mass is 16.5. The van der Waals surface area contributed by atoms with Crippen LogP contribution in [0.25, 0.3) is 0 Å². The molecule has 0 amide bonds. The third-order valence-corrected chi connectivity index (χ3v) is 4.47. The van der Waals surface area contributed by atoms with E-state index in [1.54, 1.807) is 0 Å². The smallest absolute Gasteiger partial charge is 0.0830 e. The molecule has 2 nitrogen and oxygen atoms in total. The lowest BCUT2D eigenvalue weighted by molar-refractivity contribution is -0.0554. The standard InChI is InChI=1S/C16H33NO/c1-5-17-15(11-10-14(2)3)16(18-4)12-8-6-7-9-13-16/h14-15,17H,5-13H2,1-4H3. The molecule has 1 N–H and O–H groups in total. The summed E-state index contributed by atoms with van der Waals surface area (Å²) in [6, 6.07) is 0.535. The fourth-order valence-electron chi connectivity index (χ4n) is 3.32. The number of ether oxygens (including phenoxy) is 1. The first kappa shape index (κ1) is 16.0. The monoisotopic (exact) mass is 255 g/mol. The Morgan fingerprint density at radius 2 is 1.67 bits per heavy atom. The lowest BCUT2D eigenvalue weighted by Gasteiger charge is -2.40. The molecule has 0 aromatic heterocycles. The molecule has 1 aliphatic rings. The second-order valence-corrected chi connectivity index (χ2v) is 6.26. The fourth-order valence-corrected chi connectivity index (χ4v) is 3.32. The van der Waals surface area contributed by atoms with Crippen LogP contribution in [-0.2, 0) is 4.74 Å². The summed E-state index contributed by atoms with van der Waals surface area (Å²) in [5.41, 5.74) is 0.0986. The van der Waals surface area contributed by atoms with Crippen LogP contribution < -0.4 is 5.32 Å². The maximum absolute atomic E-state index is 6.04. The lowest BCUT2D eigenvalue weighted by atomic mass is 9.82. The molecule has 0 aromatic carbocycles. The molecule has 0 aliphatic heterocycles. The zero-order valence-electron chi connectivity index (χ0n) is 12.9. The fraction of sp³-hybridized carbons (Fsp3) is 1.00. The lowest BCUT2D eigenvalue weighted by Crippen LogP contribution is -2.52. The SMILES string of the molecule is CCNC(CCC(C)C)C1(OC)CCCCCC1. The van der Waals surface area contributed by atoms with Crippen molar-refractivity contribution in [1.82, 2.24) is 5.32 Å². The van der Waals surface area contributed by atoms with Crippen molar-refractivity contribution in [3.63, 3.8) is 0 Å². The topological polar surface area (TPSA) is 21.3 Å². The van der Waals surface area contributed by atoms with Crippen molar-refractivity contribution in [2.24, 2.45) is 5.92 Å². The molecule has 108 valence electrons. The predicted molar refractivity (Wildman–Crippen MR) is 79.0 cm³/mol. The van der Waals surface area contributed by atoms with Gasteiger partial charge in [0.2, 0.25) is 0 Å². The first-order chi connectivity index (χ1) is 8.64. The Balaban J connectivity index is 2.70. The predicted octanol–water partition coefficient (Wildman–Crippen LogP) is 4.14. The number of hydrogen-bond donors (Lipinski definition) is 1. The Morgan fingerprint density at radius 1 is 1.06 bits per heavy atom. The quantitative estimate of drug-likeness (QED) is 0.690. The summed E-state index contributed by atoms with van der Waals surface area (Å²) in [6.07, 6.45) is 10.4. The molecule has 1 fully saturated rings. The van der Waals surface area contributed by atoms with Gasteiger partial charge in [-0.25, -0.2) is 0 Å². The van der Waals surface area contributed by atoms with Gasteiger partial charge in [0.25, 0.3) is 0 Å². The van der Waals surface area contributed by atoms with E-state index in [1.807, 2.05) is 7.11 Å². The van der Waals surface area contributed by atoms with Crippen molar-refractivity contribution in [2.45, 2.75) is 83.8 Å². The van der Waals surface area contributed by atoms with Crippen LogP contribution in [-0.4, -0.2) is 25.3 Å². The Morgan fingerprint density at radius 3 is 2.11 bits per heavy atom. The Bertz CT molecular complexity index is 207. The largest absolute Gasteiger partial charge is 0.377 e. The summed E-state index contributed by atoms with van der Waals surface area (Å²) in [5, 5.41) is 3.70. The molecule has 0 bridgehead atoms. The van der Waals surface area contributed by atoms with Gasteiger partial charge in [0.1, 0.15) is 0 Å². The van der Waals surface area contributed by atoms with Crippen LogP contribution in [0.3, 0.4) is 0 Å². The van der Waals surface area contributed by atoms with Crippen molar-refractivity contribution in [3.05, 3.63) is 0 Å². The van der Waals surface area contributed by atoms with E-state index in [0.29, 0.717) is 6.04 Å². The summed E-state index contributed by atoms with van der Waals surface area (Å²) in [4.78, 5) is 0. The molecule has 1 aliphatic carbocycles. The molecular weight excluding hydrogens is 222 g/mol. The van der Waals surface area contributed by atoms with E-state index in [4.69, 9.17) is 4.74 Å². The van der Waals surface area contributed by atoms with Crippen LogP contribution in [0.15, 0.2) is 0 Å². The molecular formula is C16H33NO. The maximum atomic E-state index is 6.04. The first-order valence-corrected chi connectivity index (χ1v) is 7.93. The summed E-state index contributed by atoms with van der Waals surface area (Å²) in [5.74, 6) is 0.783. The highest BCUT2D eigenvalue weighted by Crippen LogP contribution is 2.35. The van der Waals surface area contributed by atoms with Gasteiger partial charge in [-0.05, 0) is 38.1 Å². The van der Waals surface area contributed by atoms with Crippen molar-refractivity contribution >= 4 is 0 Å². The molecule has 0 radical (unpaired) electrons. The molecule has 1 unspecified atom stereocenters. The highest BCUT2D eigenvalue weighted by molar-refractivity contribution is 4.94. The number of likely N-dealkylation sites (N-methyl/N-ethyl adjacent to an activating group) is 1. The minimum atomic E-state index is 0.0986. The van der Waals surface area contributed by atoms with Gasteiger partial charge >= 0.3 is 0 Å². The third-order valence-electron chi connectivity index (χ3n) is 4.47. The molecule has 18 heavy (non-hydrogen) atoms. The summed E-state index contributed by atoms with van der Waals surface area (Å²) in [7, 11) is 1.92. The zero-order valence-corrected chi connectivity index (χ0v) is 12.9. The van der Waals surface area contributed by atoms with Gasteiger partial charge in [0, 0.05) is 13.2 Å². The molecule has 1 saturated carbocycles. The molecule has 0 aromatic rings. The minimum Gasteiger partial charge on any atom is -0.377 e. The number of hydrogen-bond acceptors (Lipinski definition) is 2. The van der Waals surface area contributed by atoms with Crippen molar-refractivity contribution in [3.8, 4) is 0 Å². The molecule has 1 atom stereocenters. The Labute approximate surface area is 114 Å². The van der Waals surface area contributed by atoms with Gasteiger partial charge in [-0.3, -0.25) is 0 Å². The van der Waals surface area contributed by atoms with E-state index in [-0.39, 0.29) is 5.60 Å². The van der Waals surface area contributed by atoms with Crippen molar-refractivity contribution in [2.75, 3.05) is 13.7 Å². The second-order valence-electron chi connectivity index (χ2n) is 6.26. The Hall–Kier alpha value is -0.0800. The van der Waals surface area contributed by atoms with Crippen LogP contribution in [0.4, 0.5) is 0 Å². The van der Waals surface area contributed by atoms with E-state index in [1.165, 1.54) is 51.4 Å². The molecule has 0 heterocycles. The summed E-state index contributed by atoms with van der Waals surface area (Å²) in [6.45, 7) is 7.89. The second kappa shape index (κ2) is 8.16. The van der Waals surface area contributed by atoms with Crippen LogP contribution in [0, 0.1) is 5.92 Å². The minimum absolute atomic E-state index is 0.0986. The van der Waals surface area contributed by atoms with E-state index in [2.05, 4.69) is 26.1 Å². The molecule has 2 heteroatoms. The van der Waals surface area contributed by atoms with Gasteiger partial charge < -0.3 is 10.1 Å². The van der Waals surface area contributed by atoms with E-state index >= 15 is 0 Å². The average molecular weight is 255 g/mol. The maximum Gasteiger partial charge on any atom is 0.0830 e. The molecule has 0 saturated heterocycles. The zero-order chi connectivity index (χ0) is 13.4. The normalized spacial score (nSPS) is 21.8. The van der Waals surface area contributed by atoms with Gasteiger partial charge in [0.15, 0.2) is 0 Å². The number of rotatable bonds is 7. The summed E-state index contributed by atoms with van der Waals surface area (Å²) < 4.78 is 6.04. The number of nitrogens with one attached hydrogen (secondary N) is 1. The first-order valence-electron chi connectivity index (χ1n) is 7.93. The van der Waals surface area contributed by atoms with Crippen molar-refractivity contribution < 1.29 is 4.74 Å². The Kier molecular flexibility index (Phi) is 7.25. The molecule has 1 rings (SSSR count). The number of methoxy groups -OCH3 is 1. The van der Waals surface area contributed by atoms with Crippen molar-refractivity contribution in [1.29, 1.82) is 0 Å². The van der Waals surface area contributed by atoms with Crippen LogP contribution >= 0.6 is 0 Å². The summed E-state index contributed by atoms with van der Waals surface area (Å²) >= 11 is 0. The van der Waals surface area contributed by atoms with Crippen LogP contribution in [0.5, 0.6) is 0 Å². The average Bonchev–Trinajstić information content (AvgIpc) is 2.60. The van der Waals surface area contributed by atoms with Crippen LogP contribution in [0.2, 0.25) is 0 Å². The molecule has 0 spiro atoms. The van der Waals surface area contributed by atoms with E-state index in [9.17, 15) is 0 Å². The van der Waals surface area contributed by atoms with E-state index < -0.39 is 0 Å². The van der Waals surface area contributed by atoms with Gasteiger partial charge in [-0.1, -0.05) is 46.5 Å². The van der Waals surface area contributed by atoms with E-state index in [0.717, 1.165) is 12.5 Å².